The van der Waals surface area contributed by atoms with Gasteiger partial charge in [0.2, 0.25) is 5.91 Å². The summed E-state index contributed by atoms with van der Waals surface area (Å²) in [5.41, 5.74) is 2.55. The quantitative estimate of drug-likeness (QED) is 0.694. The van der Waals surface area contributed by atoms with E-state index in [2.05, 4.69) is 0 Å². The van der Waals surface area contributed by atoms with Crippen LogP contribution >= 0.6 is 0 Å². The van der Waals surface area contributed by atoms with Crippen molar-refractivity contribution < 1.29 is 24.2 Å². The van der Waals surface area contributed by atoms with Crippen molar-refractivity contribution in [2.24, 2.45) is 7.05 Å². The monoisotopic (exact) mass is 453 g/mol. The third-order valence-corrected chi connectivity index (χ3v) is 6.60. The molecule has 8 nitrogen and oxygen atoms in total. The summed E-state index contributed by atoms with van der Waals surface area (Å²) < 4.78 is 7.75. The van der Waals surface area contributed by atoms with Crippen molar-refractivity contribution in [1.82, 2.24) is 9.47 Å². The normalized spacial score (nSPS) is 18.1. The van der Waals surface area contributed by atoms with Gasteiger partial charge in [-0.15, -0.1) is 0 Å². The van der Waals surface area contributed by atoms with Gasteiger partial charge >= 0.3 is 12.1 Å². The van der Waals surface area contributed by atoms with E-state index in [9.17, 15) is 19.5 Å². The summed E-state index contributed by atoms with van der Waals surface area (Å²) in [6.07, 6.45) is 6.99. The van der Waals surface area contributed by atoms with Gasteiger partial charge in [0.1, 0.15) is 18.7 Å². The summed E-state index contributed by atoms with van der Waals surface area (Å²) in [6, 6.07) is 10.5. The largest absolute Gasteiger partial charge is 0.480 e. The van der Waals surface area contributed by atoms with E-state index >= 15 is 0 Å². The van der Waals surface area contributed by atoms with E-state index in [0.29, 0.717) is 18.5 Å². The highest BCUT2D eigenvalue weighted by Gasteiger charge is 2.42. The van der Waals surface area contributed by atoms with Crippen LogP contribution in [0.1, 0.15) is 43.4 Å². The SMILES string of the molecule is Cn1cccc1CCN(CC(=O)O)C(=O)[C@H]1Cc2ccccc2N1C(=O)OC1CCCCC1. The highest BCUT2D eigenvalue weighted by atomic mass is 16.6. The zero-order valence-corrected chi connectivity index (χ0v) is 19.0. The summed E-state index contributed by atoms with van der Waals surface area (Å²) >= 11 is 0. The first-order valence-electron chi connectivity index (χ1n) is 11.6. The lowest BCUT2D eigenvalue weighted by Gasteiger charge is -2.31. The number of benzene rings is 1. The van der Waals surface area contributed by atoms with E-state index < -0.39 is 24.6 Å². The lowest BCUT2D eigenvalue weighted by Crippen LogP contribution is -2.52. The number of hydrogen-bond acceptors (Lipinski definition) is 4. The fourth-order valence-corrected chi connectivity index (χ4v) is 4.84. The molecule has 0 spiro atoms. The van der Waals surface area contributed by atoms with Gasteiger partial charge in [-0.25, -0.2) is 4.79 Å². The Balaban J connectivity index is 1.54. The number of aryl methyl sites for hydroxylation is 1. The Bertz CT molecular complexity index is 1010. The van der Waals surface area contributed by atoms with Crippen molar-refractivity contribution in [1.29, 1.82) is 0 Å². The van der Waals surface area contributed by atoms with Gasteiger partial charge in [-0.2, -0.15) is 0 Å². The number of hydrogen-bond donors (Lipinski definition) is 1. The smallest absolute Gasteiger partial charge is 0.415 e. The van der Waals surface area contributed by atoms with Gasteiger partial charge in [0.05, 0.1) is 5.69 Å². The molecule has 1 atom stereocenters. The van der Waals surface area contributed by atoms with Crippen LogP contribution in [0.15, 0.2) is 42.6 Å². The summed E-state index contributed by atoms with van der Waals surface area (Å²) in [5.74, 6) is -1.45. The average Bonchev–Trinajstić information content (AvgIpc) is 3.39. The molecule has 0 saturated heterocycles. The van der Waals surface area contributed by atoms with Crippen molar-refractivity contribution in [2.75, 3.05) is 18.0 Å². The standard InChI is InChI=1S/C25H31N3O5/c1-26-14-7-9-19(26)13-15-27(17-23(29)30)24(31)22-16-18-8-5-6-12-21(18)28(22)25(32)33-20-10-3-2-4-11-20/h5-9,12,14,20,22H,2-4,10-11,13,15-17H2,1H3,(H,29,30)/t22-/m1/s1. The Morgan fingerprint density at radius 2 is 1.85 bits per heavy atom. The maximum absolute atomic E-state index is 13.6. The Kier molecular flexibility index (Phi) is 7.01. The van der Waals surface area contributed by atoms with Gasteiger partial charge in [-0.1, -0.05) is 24.6 Å². The number of para-hydroxylation sites is 1. The Hall–Kier alpha value is -3.29. The van der Waals surface area contributed by atoms with Crippen LogP contribution in [0.3, 0.4) is 0 Å². The van der Waals surface area contributed by atoms with E-state index in [0.717, 1.165) is 43.4 Å². The molecule has 1 saturated carbocycles. The number of carbonyl (C=O) groups excluding carboxylic acids is 2. The van der Waals surface area contributed by atoms with Crippen molar-refractivity contribution in [3.8, 4) is 0 Å². The van der Waals surface area contributed by atoms with Crippen LogP contribution < -0.4 is 4.90 Å². The molecule has 1 N–H and O–H groups in total. The molecule has 0 unspecified atom stereocenters. The highest BCUT2D eigenvalue weighted by molar-refractivity contribution is 6.01. The molecule has 4 rings (SSSR count). The molecule has 33 heavy (non-hydrogen) atoms. The van der Waals surface area contributed by atoms with Gasteiger partial charge in [0, 0.05) is 38.3 Å². The van der Waals surface area contributed by atoms with Crippen molar-refractivity contribution in [3.05, 3.63) is 53.9 Å². The van der Waals surface area contributed by atoms with E-state index in [-0.39, 0.29) is 18.6 Å². The van der Waals surface area contributed by atoms with Crippen LogP contribution in [0.4, 0.5) is 10.5 Å². The average molecular weight is 454 g/mol. The lowest BCUT2D eigenvalue weighted by molar-refractivity contribution is -0.144. The van der Waals surface area contributed by atoms with Gasteiger partial charge in [0.15, 0.2) is 0 Å². The Morgan fingerprint density at radius 1 is 1.09 bits per heavy atom. The van der Waals surface area contributed by atoms with Crippen molar-refractivity contribution in [3.63, 3.8) is 0 Å². The van der Waals surface area contributed by atoms with Gasteiger partial charge < -0.3 is 19.3 Å². The van der Waals surface area contributed by atoms with Crippen molar-refractivity contribution in [2.45, 2.75) is 57.1 Å². The fraction of sp³-hybridized carbons (Fsp3) is 0.480. The van der Waals surface area contributed by atoms with Gasteiger partial charge in [-0.3, -0.25) is 14.5 Å². The molecule has 1 aromatic heterocycles. The minimum Gasteiger partial charge on any atom is -0.480 e. The number of fused-ring (bicyclic) bond motifs is 1. The van der Waals surface area contributed by atoms with Crippen LogP contribution in [-0.2, 0) is 34.2 Å². The van der Waals surface area contributed by atoms with E-state index in [1.165, 1.54) is 9.80 Å². The minimum absolute atomic E-state index is 0.137. The molecular weight excluding hydrogens is 422 g/mol. The number of aromatic nitrogens is 1. The van der Waals surface area contributed by atoms with Crippen LogP contribution in [0.2, 0.25) is 0 Å². The number of ether oxygens (including phenoxy) is 1. The number of rotatable bonds is 7. The second kappa shape index (κ2) is 10.1. The first-order valence-corrected chi connectivity index (χ1v) is 11.6. The maximum atomic E-state index is 13.6. The Morgan fingerprint density at radius 3 is 2.55 bits per heavy atom. The van der Waals surface area contributed by atoms with Crippen LogP contribution in [0, 0.1) is 0 Å². The first kappa shape index (κ1) is 22.9. The minimum atomic E-state index is -1.08. The van der Waals surface area contributed by atoms with E-state index in [1.807, 2.05) is 54.2 Å². The first-order chi connectivity index (χ1) is 15.9. The lowest BCUT2D eigenvalue weighted by atomic mass is 9.98. The number of nitrogens with zero attached hydrogens (tertiary/aromatic N) is 3. The number of aliphatic carboxylic acids is 1. The second-order valence-electron chi connectivity index (χ2n) is 8.88. The zero-order chi connectivity index (χ0) is 23.4. The van der Waals surface area contributed by atoms with E-state index in [1.54, 1.807) is 0 Å². The molecule has 1 fully saturated rings. The van der Waals surface area contributed by atoms with Crippen LogP contribution in [0.5, 0.6) is 0 Å². The zero-order valence-electron chi connectivity index (χ0n) is 19.0. The maximum Gasteiger partial charge on any atom is 0.415 e. The number of anilines is 1. The molecule has 2 aromatic rings. The molecule has 2 heterocycles. The molecule has 1 aromatic carbocycles. The summed E-state index contributed by atoms with van der Waals surface area (Å²) in [5, 5.41) is 9.45. The third kappa shape index (κ3) is 5.21. The predicted octanol–water partition coefficient (Wildman–Crippen LogP) is 3.38. The Labute approximate surface area is 193 Å². The summed E-state index contributed by atoms with van der Waals surface area (Å²) in [4.78, 5) is 41.2. The number of amides is 2. The van der Waals surface area contributed by atoms with E-state index in [4.69, 9.17) is 4.74 Å². The molecule has 0 bridgehead atoms. The third-order valence-electron chi connectivity index (χ3n) is 6.60. The molecule has 8 heteroatoms. The molecule has 2 aliphatic rings. The molecule has 176 valence electrons. The summed E-state index contributed by atoms with van der Waals surface area (Å²) in [6.45, 7) is -0.164. The number of carboxylic acids is 1. The molecule has 2 amide bonds. The molecule has 1 aliphatic heterocycles. The van der Waals surface area contributed by atoms with Crippen molar-refractivity contribution >= 4 is 23.7 Å². The fourth-order valence-electron chi connectivity index (χ4n) is 4.84. The topological polar surface area (TPSA) is 92.1 Å². The molecular formula is C25H31N3O5. The predicted molar refractivity (Wildman–Crippen MR) is 123 cm³/mol. The highest BCUT2D eigenvalue weighted by Crippen LogP contribution is 2.34. The van der Waals surface area contributed by atoms with Crippen LogP contribution in [-0.4, -0.2) is 57.8 Å². The summed E-state index contributed by atoms with van der Waals surface area (Å²) in [7, 11) is 1.91. The molecule has 0 radical (unpaired) electrons. The van der Waals surface area contributed by atoms with Gasteiger partial charge in [-0.05, 0) is 49.4 Å². The van der Waals surface area contributed by atoms with Gasteiger partial charge in [0.25, 0.3) is 0 Å². The second-order valence-corrected chi connectivity index (χ2v) is 8.88. The van der Waals surface area contributed by atoms with Crippen LogP contribution in [0.25, 0.3) is 0 Å². The molecule has 1 aliphatic carbocycles. The number of carboxylic acid groups (broad SMARTS) is 1. The number of carbonyl (C=O) groups is 3.